The van der Waals surface area contributed by atoms with Crippen molar-refractivity contribution in [2.75, 3.05) is 25.6 Å². The Labute approximate surface area is 105 Å². The highest BCUT2D eigenvalue weighted by molar-refractivity contribution is 6.29. The maximum Gasteiger partial charge on any atom is 0.224 e. The molecule has 1 saturated heterocycles. The largest absolute Gasteiger partial charge is 0.378 e. The maximum atomic E-state index is 5.90. The average molecular weight is 258 g/mol. The van der Waals surface area contributed by atoms with Crippen LogP contribution in [0.25, 0.3) is 0 Å². The molecule has 1 aliphatic heterocycles. The fourth-order valence-corrected chi connectivity index (χ4v) is 1.98. The Bertz CT molecular complexity index is 370. The van der Waals surface area contributed by atoms with E-state index < -0.39 is 0 Å². The third-order valence-electron chi connectivity index (χ3n) is 2.55. The highest BCUT2D eigenvalue weighted by Crippen LogP contribution is 2.14. The fraction of sp³-hybridized carbons (Fsp3) is 0.636. The summed E-state index contributed by atoms with van der Waals surface area (Å²) in [5.74, 6) is 0.528. The SMILES string of the molecule is COCc1cc(Cl)nc(NCC2CCCO2)n1. The zero-order chi connectivity index (χ0) is 12.1. The van der Waals surface area contributed by atoms with E-state index >= 15 is 0 Å². The predicted molar refractivity (Wildman–Crippen MR) is 65.2 cm³/mol. The Balaban J connectivity index is 1.94. The molecule has 1 unspecified atom stereocenters. The van der Waals surface area contributed by atoms with E-state index in [-0.39, 0.29) is 6.10 Å². The van der Waals surface area contributed by atoms with Gasteiger partial charge in [-0.2, -0.15) is 0 Å². The quantitative estimate of drug-likeness (QED) is 0.816. The van der Waals surface area contributed by atoms with E-state index in [1.54, 1.807) is 13.2 Å². The summed E-state index contributed by atoms with van der Waals surface area (Å²) in [5.41, 5.74) is 0.766. The van der Waals surface area contributed by atoms with Gasteiger partial charge in [0.05, 0.1) is 18.4 Å². The number of hydrogen-bond donors (Lipinski definition) is 1. The van der Waals surface area contributed by atoms with Gasteiger partial charge in [-0.15, -0.1) is 0 Å². The number of ether oxygens (including phenoxy) is 2. The lowest BCUT2D eigenvalue weighted by Gasteiger charge is -2.11. The third kappa shape index (κ3) is 3.80. The Morgan fingerprint density at radius 1 is 1.59 bits per heavy atom. The number of nitrogens with one attached hydrogen (secondary N) is 1. The van der Waals surface area contributed by atoms with E-state index in [1.165, 1.54) is 0 Å². The molecule has 1 atom stereocenters. The standard InChI is InChI=1S/C11H16ClN3O2/c1-16-7-8-5-10(12)15-11(14-8)13-6-9-3-2-4-17-9/h5,9H,2-4,6-7H2,1H3,(H,13,14,15). The average Bonchev–Trinajstić information content (AvgIpc) is 2.79. The smallest absolute Gasteiger partial charge is 0.224 e. The van der Waals surface area contributed by atoms with Gasteiger partial charge in [-0.05, 0) is 18.9 Å². The monoisotopic (exact) mass is 257 g/mol. The highest BCUT2D eigenvalue weighted by Gasteiger charge is 2.15. The summed E-state index contributed by atoms with van der Waals surface area (Å²) < 4.78 is 10.5. The second-order valence-electron chi connectivity index (χ2n) is 3.95. The number of halogens is 1. The molecule has 2 rings (SSSR count). The first kappa shape index (κ1) is 12.5. The molecular formula is C11H16ClN3O2. The number of methoxy groups -OCH3 is 1. The Morgan fingerprint density at radius 2 is 2.47 bits per heavy atom. The molecule has 94 valence electrons. The van der Waals surface area contributed by atoms with Gasteiger partial charge < -0.3 is 14.8 Å². The van der Waals surface area contributed by atoms with Crippen LogP contribution in [0.15, 0.2) is 6.07 Å². The molecule has 1 fully saturated rings. The first-order valence-corrected chi connectivity index (χ1v) is 6.03. The van der Waals surface area contributed by atoms with Crippen LogP contribution in [0.1, 0.15) is 18.5 Å². The minimum Gasteiger partial charge on any atom is -0.378 e. The number of aromatic nitrogens is 2. The van der Waals surface area contributed by atoms with Crippen molar-refractivity contribution in [3.05, 3.63) is 16.9 Å². The summed E-state index contributed by atoms with van der Waals surface area (Å²) in [6.45, 7) is 1.99. The first-order valence-electron chi connectivity index (χ1n) is 5.66. The van der Waals surface area contributed by atoms with Crippen LogP contribution < -0.4 is 5.32 Å². The molecular weight excluding hydrogens is 242 g/mol. The van der Waals surface area contributed by atoms with Crippen molar-refractivity contribution in [2.45, 2.75) is 25.6 Å². The van der Waals surface area contributed by atoms with Crippen molar-refractivity contribution in [3.63, 3.8) is 0 Å². The van der Waals surface area contributed by atoms with Crippen LogP contribution >= 0.6 is 11.6 Å². The van der Waals surface area contributed by atoms with Crippen LogP contribution in [0.2, 0.25) is 5.15 Å². The summed E-state index contributed by atoms with van der Waals surface area (Å²) in [6, 6.07) is 1.70. The minimum atomic E-state index is 0.253. The molecule has 0 amide bonds. The molecule has 17 heavy (non-hydrogen) atoms. The second kappa shape index (κ2) is 6.14. The molecule has 1 aliphatic rings. The summed E-state index contributed by atoms with van der Waals surface area (Å²) in [4.78, 5) is 8.41. The third-order valence-corrected chi connectivity index (χ3v) is 2.75. The number of anilines is 1. The molecule has 1 aromatic heterocycles. The van der Waals surface area contributed by atoms with Crippen molar-refractivity contribution in [1.29, 1.82) is 0 Å². The van der Waals surface area contributed by atoms with Crippen molar-refractivity contribution >= 4 is 17.5 Å². The van der Waals surface area contributed by atoms with Gasteiger partial charge in [0.1, 0.15) is 5.15 Å². The summed E-state index contributed by atoms with van der Waals surface area (Å²) in [5, 5.41) is 3.56. The lowest BCUT2D eigenvalue weighted by molar-refractivity contribution is 0.120. The maximum absolute atomic E-state index is 5.90. The number of hydrogen-bond acceptors (Lipinski definition) is 5. The summed E-state index contributed by atoms with van der Waals surface area (Å²) in [7, 11) is 1.62. The highest BCUT2D eigenvalue weighted by atomic mass is 35.5. The van der Waals surface area contributed by atoms with E-state index in [0.29, 0.717) is 24.3 Å². The first-order chi connectivity index (χ1) is 8.28. The topological polar surface area (TPSA) is 56.3 Å². The fourth-order valence-electron chi connectivity index (χ4n) is 1.78. The van der Waals surface area contributed by atoms with E-state index in [4.69, 9.17) is 21.1 Å². The molecule has 0 spiro atoms. The minimum absolute atomic E-state index is 0.253. The molecule has 2 heterocycles. The van der Waals surface area contributed by atoms with E-state index in [2.05, 4.69) is 15.3 Å². The number of nitrogens with zero attached hydrogens (tertiary/aromatic N) is 2. The Hall–Kier alpha value is -0.910. The van der Waals surface area contributed by atoms with Gasteiger partial charge in [0.25, 0.3) is 0 Å². The van der Waals surface area contributed by atoms with Crippen LogP contribution in [0, 0.1) is 0 Å². The normalized spacial score (nSPS) is 19.5. The van der Waals surface area contributed by atoms with Gasteiger partial charge in [-0.3, -0.25) is 0 Å². The Kier molecular flexibility index (Phi) is 4.53. The number of rotatable bonds is 5. The van der Waals surface area contributed by atoms with Crippen molar-refractivity contribution in [2.24, 2.45) is 0 Å². The van der Waals surface area contributed by atoms with Gasteiger partial charge in [0, 0.05) is 20.3 Å². The van der Waals surface area contributed by atoms with Gasteiger partial charge in [0.15, 0.2) is 0 Å². The van der Waals surface area contributed by atoms with Crippen molar-refractivity contribution < 1.29 is 9.47 Å². The molecule has 6 heteroatoms. The van der Waals surface area contributed by atoms with E-state index in [1.807, 2.05) is 0 Å². The van der Waals surface area contributed by atoms with Crippen LogP contribution in [-0.4, -0.2) is 36.3 Å². The Morgan fingerprint density at radius 3 is 3.18 bits per heavy atom. The van der Waals surface area contributed by atoms with Gasteiger partial charge in [-0.1, -0.05) is 11.6 Å². The molecule has 1 aromatic rings. The molecule has 0 bridgehead atoms. The molecule has 0 saturated carbocycles. The molecule has 1 N–H and O–H groups in total. The zero-order valence-electron chi connectivity index (χ0n) is 9.78. The lowest BCUT2D eigenvalue weighted by Crippen LogP contribution is -2.20. The second-order valence-corrected chi connectivity index (χ2v) is 4.34. The van der Waals surface area contributed by atoms with E-state index in [0.717, 1.165) is 25.1 Å². The van der Waals surface area contributed by atoms with E-state index in [9.17, 15) is 0 Å². The van der Waals surface area contributed by atoms with Gasteiger partial charge in [-0.25, -0.2) is 9.97 Å². The zero-order valence-corrected chi connectivity index (χ0v) is 10.5. The lowest BCUT2D eigenvalue weighted by atomic mass is 10.2. The van der Waals surface area contributed by atoms with Gasteiger partial charge >= 0.3 is 0 Å². The summed E-state index contributed by atoms with van der Waals surface area (Å²) in [6.07, 6.45) is 2.46. The summed E-state index contributed by atoms with van der Waals surface area (Å²) >= 11 is 5.90. The van der Waals surface area contributed by atoms with Crippen molar-refractivity contribution in [3.8, 4) is 0 Å². The molecule has 0 radical (unpaired) electrons. The van der Waals surface area contributed by atoms with Gasteiger partial charge in [0.2, 0.25) is 5.95 Å². The van der Waals surface area contributed by atoms with Crippen LogP contribution in [-0.2, 0) is 16.1 Å². The van der Waals surface area contributed by atoms with Crippen LogP contribution in [0.3, 0.4) is 0 Å². The molecule has 0 aliphatic carbocycles. The predicted octanol–water partition coefficient (Wildman–Crippen LogP) is 1.87. The van der Waals surface area contributed by atoms with Crippen LogP contribution in [0.5, 0.6) is 0 Å². The van der Waals surface area contributed by atoms with Crippen molar-refractivity contribution in [1.82, 2.24) is 9.97 Å². The van der Waals surface area contributed by atoms with Crippen LogP contribution in [0.4, 0.5) is 5.95 Å². The molecule has 5 nitrogen and oxygen atoms in total. The molecule has 0 aromatic carbocycles.